The van der Waals surface area contributed by atoms with Gasteiger partial charge in [0.05, 0.1) is 18.9 Å². The van der Waals surface area contributed by atoms with Crippen LogP contribution < -0.4 is 4.74 Å². The van der Waals surface area contributed by atoms with Crippen LogP contribution in [0.15, 0.2) is 25.2 Å². The molecule has 11 heavy (non-hydrogen) atoms. The first-order chi connectivity index (χ1) is 5.33. The fourth-order valence-corrected chi connectivity index (χ4v) is 0.581. The number of esters is 1. The number of aromatic amines is 1. The van der Waals surface area contributed by atoms with Crippen molar-refractivity contribution in [1.29, 1.82) is 0 Å². The number of hydrogen-bond acceptors (Lipinski definition) is 3. The first-order valence-corrected chi connectivity index (χ1v) is 3.13. The molecule has 4 nitrogen and oxygen atoms in total. The molecular weight excluding hydrogens is 144 g/mol. The van der Waals surface area contributed by atoms with Crippen LogP contribution in [0.5, 0.6) is 5.88 Å². The quantitative estimate of drug-likeness (QED) is 0.517. The fraction of sp³-hybridized carbons (Fsp3) is 0.143. The van der Waals surface area contributed by atoms with Gasteiger partial charge in [-0.3, -0.25) is 4.79 Å². The highest BCUT2D eigenvalue weighted by molar-refractivity contribution is 5.73. The molecule has 0 saturated heterocycles. The Kier molecular flexibility index (Phi) is 2.43. The van der Waals surface area contributed by atoms with Gasteiger partial charge in [-0.25, -0.2) is 4.98 Å². The predicted octanol–water partition coefficient (Wildman–Crippen LogP) is 0.891. The van der Waals surface area contributed by atoms with Gasteiger partial charge in [-0.1, -0.05) is 6.08 Å². The fourth-order valence-electron chi connectivity index (χ4n) is 0.581. The summed E-state index contributed by atoms with van der Waals surface area (Å²) in [5.41, 5.74) is 0. The molecular formula is C7H8N2O2. The maximum atomic E-state index is 10.8. The van der Waals surface area contributed by atoms with E-state index >= 15 is 0 Å². The lowest BCUT2D eigenvalue weighted by Crippen LogP contribution is -2.05. The molecule has 0 fully saturated rings. The molecule has 0 aromatic carbocycles. The average Bonchev–Trinajstić information content (AvgIpc) is 2.40. The summed E-state index contributed by atoms with van der Waals surface area (Å²) in [4.78, 5) is 17.1. The van der Waals surface area contributed by atoms with Gasteiger partial charge < -0.3 is 9.72 Å². The summed E-state index contributed by atoms with van der Waals surface area (Å²) >= 11 is 0. The molecule has 1 heterocycles. The number of carbonyl (C=O) groups is 1. The van der Waals surface area contributed by atoms with E-state index in [0.717, 1.165) is 0 Å². The number of nitrogens with zero attached hydrogens (tertiary/aromatic N) is 1. The van der Waals surface area contributed by atoms with Crippen molar-refractivity contribution in [2.45, 2.75) is 6.42 Å². The van der Waals surface area contributed by atoms with Gasteiger partial charge >= 0.3 is 5.97 Å². The molecule has 0 spiro atoms. The largest absolute Gasteiger partial charge is 0.408 e. The number of hydrogen-bond donors (Lipinski definition) is 1. The lowest BCUT2D eigenvalue weighted by atomic mass is 10.4. The number of nitrogens with one attached hydrogen (secondary N) is 1. The van der Waals surface area contributed by atoms with Gasteiger partial charge in [0.2, 0.25) is 5.88 Å². The normalized spacial score (nSPS) is 9.09. The van der Waals surface area contributed by atoms with E-state index in [1.165, 1.54) is 18.6 Å². The van der Waals surface area contributed by atoms with Gasteiger partial charge in [0.25, 0.3) is 0 Å². The molecule has 58 valence electrons. The second kappa shape index (κ2) is 3.55. The number of H-pyrrole nitrogens is 1. The van der Waals surface area contributed by atoms with E-state index in [4.69, 9.17) is 4.74 Å². The van der Waals surface area contributed by atoms with E-state index in [0.29, 0.717) is 5.88 Å². The maximum Gasteiger partial charge on any atom is 0.316 e. The highest BCUT2D eigenvalue weighted by Crippen LogP contribution is 2.02. The maximum absolute atomic E-state index is 10.8. The summed E-state index contributed by atoms with van der Waals surface area (Å²) in [6.45, 7) is 3.40. The number of rotatable bonds is 3. The van der Waals surface area contributed by atoms with Crippen LogP contribution in [0.1, 0.15) is 6.42 Å². The Hall–Kier alpha value is -1.58. The molecule has 1 rings (SSSR count). The number of carbonyl (C=O) groups excluding carboxylic acids is 1. The number of ether oxygens (including phenoxy) is 1. The van der Waals surface area contributed by atoms with Crippen LogP contribution in [0.4, 0.5) is 0 Å². The molecule has 1 N–H and O–H groups in total. The van der Waals surface area contributed by atoms with Crippen molar-refractivity contribution in [3.05, 3.63) is 25.2 Å². The molecule has 0 radical (unpaired) electrons. The molecule has 0 aliphatic heterocycles. The van der Waals surface area contributed by atoms with E-state index in [9.17, 15) is 4.79 Å². The highest BCUT2D eigenvalue weighted by Gasteiger charge is 2.01. The lowest BCUT2D eigenvalue weighted by Gasteiger charge is -1.95. The van der Waals surface area contributed by atoms with Gasteiger partial charge in [-0.05, 0) is 0 Å². The zero-order valence-electron chi connectivity index (χ0n) is 5.91. The Bertz CT molecular complexity index is 241. The van der Waals surface area contributed by atoms with Gasteiger partial charge in [-0.15, -0.1) is 6.58 Å². The van der Waals surface area contributed by atoms with Crippen LogP contribution in [0.25, 0.3) is 0 Å². The van der Waals surface area contributed by atoms with Gasteiger partial charge in [0, 0.05) is 0 Å². The zero-order valence-corrected chi connectivity index (χ0v) is 5.91. The Balaban J connectivity index is 2.43. The molecule has 0 atom stereocenters. The Morgan fingerprint density at radius 3 is 3.27 bits per heavy atom. The molecule has 1 aromatic heterocycles. The van der Waals surface area contributed by atoms with Crippen molar-refractivity contribution in [1.82, 2.24) is 9.97 Å². The molecule has 0 unspecified atom stereocenters. The monoisotopic (exact) mass is 152 g/mol. The molecule has 0 aliphatic rings. The summed E-state index contributed by atoms with van der Waals surface area (Å²) in [6.07, 6.45) is 4.56. The van der Waals surface area contributed by atoms with E-state index in [-0.39, 0.29) is 12.4 Å². The minimum atomic E-state index is -0.343. The number of imidazole rings is 1. The van der Waals surface area contributed by atoms with Crippen molar-refractivity contribution in [3.8, 4) is 5.88 Å². The van der Waals surface area contributed by atoms with Crippen LogP contribution >= 0.6 is 0 Å². The molecule has 0 bridgehead atoms. The second-order valence-electron chi connectivity index (χ2n) is 1.88. The first-order valence-electron chi connectivity index (χ1n) is 3.13. The van der Waals surface area contributed by atoms with Crippen LogP contribution in [0.3, 0.4) is 0 Å². The van der Waals surface area contributed by atoms with Crippen molar-refractivity contribution in [3.63, 3.8) is 0 Å². The smallest absolute Gasteiger partial charge is 0.316 e. The average molecular weight is 152 g/mol. The molecule has 0 amide bonds. The second-order valence-corrected chi connectivity index (χ2v) is 1.88. The highest BCUT2D eigenvalue weighted by atomic mass is 16.5. The summed E-state index contributed by atoms with van der Waals surface area (Å²) in [7, 11) is 0. The molecule has 4 heteroatoms. The standard InChI is InChI=1S/C7H8N2O2/c1-2-3-7(10)11-6-4-8-5-9-6/h2,4-5H,1,3H2,(H,8,9). The topological polar surface area (TPSA) is 55.0 Å². The lowest BCUT2D eigenvalue weighted by molar-refractivity contribution is -0.133. The first kappa shape index (κ1) is 7.53. The van der Waals surface area contributed by atoms with Crippen molar-refractivity contribution >= 4 is 5.97 Å². The predicted molar refractivity (Wildman–Crippen MR) is 39.0 cm³/mol. The minimum absolute atomic E-state index is 0.207. The van der Waals surface area contributed by atoms with Gasteiger partial charge in [-0.2, -0.15) is 0 Å². The van der Waals surface area contributed by atoms with E-state index < -0.39 is 0 Å². The Morgan fingerprint density at radius 2 is 2.73 bits per heavy atom. The van der Waals surface area contributed by atoms with Crippen LogP contribution in [0, 0.1) is 0 Å². The van der Waals surface area contributed by atoms with E-state index in [1.54, 1.807) is 0 Å². The van der Waals surface area contributed by atoms with Gasteiger partial charge in [0.15, 0.2) is 0 Å². The third kappa shape index (κ3) is 2.25. The summed E-state index contributed by atoms with van der Waals surface area (Å²) in [5.74, 6) is 0.0149. The van der Waals surface area contributed by atoms with Crippen LogP contribution in [0.2, 0.25) is 0 Å². The van der Waals surface area contributed by atoms with Gasteiger partial charge in [0.1, 0.15) is 0 Å². The van der Waals surface area contributed by atoms with Crippen molar-refractivity contribution < 1.29 is 9.53 Å². The third-order valence-electron chi connectivity index (χ3n) is 1.01. The third-order valence-corrected chi connectivity index (χ3v) is 1.01. The Morgan fingerprint density at radius 1 is 1.91 bits per heavy atom. The molecule has 1 aromatic rings. The minimum Gasteiger partial charge on any atom is -0.408 e. The Labute approximate surface area is 63.9 Å². The SMILES string of the molecule is C=CCC(=O)Oc1cnc[nH]1. The van der Waals surface area contributed by atoms with Crippen LogP contribution in [-0.2, 0) is 4.79 Å². The number of aromatic nitrogens is 2. The molecule has 0 aliphatic carbocycles. The summed E-state index contributed by atoms with van der Waals surface area (Å²) < 4.78 is 4.77. The summed E-state index contributed by atoms with van der Waals surface area (Å²) in [6, 6.07) is 0. The van der Waals surface area contributed by atoms with Crippen LogP contribution in [-0.4, -0.2) is 15.9 Å². The van der Waals surface area contributed by atoms with Crippen molar-refractivity contribution in [2.24, 2.45) is 0 Å². The zero-order chi connectivity index (χ0) is 8.10. The van der Waals surface area contributed by atoms with Crippen molar-refractivity contribution in [2.75, 3.05) is 0 Å². The molecule has 0 saturated carbocycles. The summed E-state index contributed by atoms with van der Waals surface area (Å²) in [5, 5.41) is 0. The van der Waals surface area contributed by atoms with E-state index in [1.807, 2.05) is 0 Å². The van der Waals surface area contributed by atoms with E-state index in [2.05, 4.69) is 16.5 Å².